The molecule has 1 aromatic heterocycles. The molecular formula is C32H44FN2O2S+. The molecule has 0 spiro atoms. The van der Waals surface area contributed by atoms with Gasteiger partial charge in [-0.05, 0) is 36.8 Å². The quantitative estimate of drug-likeness (QED) is 0.130. The maximum atomic E-state index is 14.6. The first-order chi connectivity index (χ1) is 18.6. The second-order valence-corrected chi connectivity index (χ2v) is 11.2. The zero-order valence-corrected chi connectivity index (χ0v) is 24.0. The van der Waals surface area contributed by atoms with E-state index in [9.17, 15) is 9.18 Å². The van der Waals surface area contributed by atoms with Crippen LogP contribution < -0.4 is 14.6 Å². The maximum absolute atomic E-state index is 14.6. The third-order valence-electron chi connectivity index (χ3n) is 6.87. The Kier molecular flexibility index (Phi) is 13.3. The highest BCUT2D eigenvalue weighted by Crippen LogP contribution is 2.21. The van der Waals surface area contributed by atoms with E-state index in [1.165, 1.54) is 75.3 Å². The Labute approximate surface area is 232 Å². The van der Waals surface area contributed by atoms with Crippen LogP contribution in [0.2, 0.25) is 0 Å². The normalized spacial score (nSPS) is 11.0. The molecule has 0 bridgehead atoms. The van der Waals surface area contributed by atoms with Gasteiger partial charge in [0.25, 0.3) is 5.91 Å². The first kappa shape index (κ1) is 29.8. The van der Waals surface area contributed by atoms with Crippen molar-refractivity contribution >= 4 is 22.9 Å². The summed E-state index contributed by atoms with van der Waals surface area (Å²) >= 11 is 1.70. The monoisotopic (exact) mass is 539 g/mol. The highest BCUT2D eigenvalue weighted by Gasteiger charge is 2.13. The van der Waals surface area contributed by atoms with Gasteiger partial charge in [-0.2, -0.15) is 4.57 Å². The predicted molar refractivity (Wildman–Crippen MR) is 156 cm³/mol. The fourth-order valence-corrected chi connectivity index (χ4v) is 5.24. The Bertz CT molecular complexity index is 1110. The number of aryl methyl sites for hydroxylation is 1. The summed E-state index contributed by atoms with van der Waals surface area (Å²) in [5, 5.41) is 6.16. The molecule has 0 saturated heterocycles. The molecule has 206 valence electrons. The van der Waals surface area contributed by atoms with E-state index < -0.39 is 5.82 Å². The minimum atomic E-state index is -0.505. The molecule has 0 atom stereocenters. The lowest BCUT2D eigenvalue weighted by Gasteiger charge is -2.10. The molecule has 0 unspecified atom stereocenters. The van der Waals surface area contributed by atoms with Gasteiger partial charge < -0.3 is 10.1 Å². The highest BCUT2D eigenvalue weighted by atomic mass is 32.1. The zero-order chi connectivity index (χ0) is 27.0. The molecule has 3 aromatic rings. The Morgan fingerprint density at radius 3 is 2.24 bits per heavy atom. The summed E-state index contributed by atoms with van der Waals surface area (Å²) in [6, 6.07) is 12.2. The van der Waals surface area contributed by atoms with Gasteiger partial charge in [0.2, 0.25) is 5.01 Å². The smallest absolute Gasteiger partial charge is 0.255 e. The number of unbranched alkanes of at least 4 members (excludes halogenated alkanes) is 11. The number of anilines is 1. The summed E-state index contributed by atoms with van der Waals surface area (Å²) in [4.78, 5) is 12.7. The van der Waals surface area contributed by atoms with Crippen molar-refractivity contribution in [2.75, 3.05) is 11.9 Å². The van der Waals surface area contributed by atoms with Gasteiger partial charge >= 0.3 is 0 Å². The largest absolute Gasteiger partial charge is 0.491 e. The molecule has 6 heteroatoms. The second-order valence-electron chi connectivity index (χ2n) is 10.1. The number of halogens is 1. The minimum absolute atomic E-state index is 0.203. The number of nitrogens with one attached hydrogen (secondary N) is 1. The topological polar surface area (TPSA) is 42.2 Å². The van der Waals surface area contributed by atoms with E-state index in [1.807, 2.05) is 24.3 Å². The number of benzene rings is 2. The van der Waals surface area contributed by atoms with Gasteiger partial charge in [0.1, 0.15) is 0 Å². The lowest BCUT2D eigenvalue weighted by Crippen LogP contribution is -2.34. The number of aromatic nitrogens is 1. The second kappa shape index (κ2) is 17.0. The molecule has 0 aliphatic rings. The molecule has 0 aliphatic carbocycles. The van der Waals surface area contributed by atoms with Crippen molar-refractivity contribution in [2.45, 2.75) is 97.4 Å². The molecular weight excluding hydrogens is 495 g/mol. The summed E-state index contributed by atoms with van der Waals surface area (Å²) in [5.74, 6) is -0.641. The van der Waals surface area contributed by atoms with Gasteiger partial charge in [0.05, 0.1) is 12.0 Å². The van der Waals surface area contributed by atoms with Crippen LogP contribution in [0.5, 0.6) is 5.75 Å². The molecule has 1 heterocycles. The molecule has 0 aliphatic heterocycles. The van der Waals surface area contributed by atoms with Gasteiger partial charge in [-0.25, -0.2) is 4.39 Å². The van der Waals surface area contributed by atoms with Crippen molar-refractivity contribution in [2.24, 2.45) is 0 Å². The van der Waals surface area contributed by atoms with E-state index in [1.54, 1.807) is 23.5 Å². The van der Waals surface area contributed by atoms with E-state index in [4.69, 9.17) is 4.74 Å². The summed E-state index contributed by atoms with van der Waals surface area (Å²) < 4.78 is 22.4. The molecule has 3 rings (SSSR count). The van der Waals surface area contributed by atoms with Crippen LogP contribution in [0.15, 0.2) is 54.0 Å². The van der Waals surface area contributed by atoms with Crippen LogP contribution in [-0.4, -0.2) is 12.5 Å². The summed E-state index contributed by atoms with van der Waals surface area (Å²) in [7, 11) is 0. The predicted octanol–water partition coefficient (Wildman–Crippen LogP) is 8.86. The van der Waals surface area contributed by atoms with Crippen molar-refractivity contribution in [3.8, 4) is 5.75 Å². The first-order valence-electron chi connectivity index (χ1n) is 14.3. The first-order valence-corrected chi connectivity index (χ1v) is 15.2. The molecule has 1 N–H and O–H groups in total. The van der Waals surface area contributed by atoms with E-state index >= 15 is 0 Å². The molecule has 2 aromatic carbocycles. The molecule has 4 nitrogen and oxygen atoms in total. The molecule has 38 heavy (non-hydrogen) atoms. The van der Waals surface area contributed by atoms with E-state index in [2.05, 4.69) is 35.3 Å². The number of hydrogen-bond donors (Lipinski definition) is 1. The highest BCUT2D eigenvalue weighted by molar-refractivity contribution is 7.09. The number of amides is 1. The number of thiazole rings is 1. The average Bonchev–Trinajstić information content (AvgIpc) is 3.31. The SMILES string of the molecule is CCCCCCCCCCCCCCOc1ccc(C(=O)Nc2cccc(C[n+]3ccsc3C)c2)cc1F. The summed E-state index contributed by atoms with van der Waals surface area (Å²) in [5.41, 5.74) is 2.05. The number of carbonyl (C=O) groups excluding carboxylic acids is 1. The number of hydrogen-bond acceptors (Lipinski definition) is 3. The third kappa shape index (κ3) is 10.6. The Morgan fingerprint density at radius 2 is 1.61 bits per heavy atom. The van der Waals surface area contributed by atoms with Crippen molar-refractivity contribution in [1.82, 2.24) is 0 Å². The van der Waals surface area contributed by atoms with Gasteiger partial charge in [0.15, 0.2) is 24.3 Å². The Balaban J connectivity index is 1.33. The van der Waals surface area contributed by atoms with Crippen molar-refractivity contribution in [3.05, 3.63) is 76.0 Å². The van der Waals surface area contributed by atoms with E-state index in [-0.39, 0.29) is 17.2 Å². The molecule has 0 radical (unpaired) electrons. The van der Waals surface area contributed by atoms with Crippen LogP contribution in [0.3, 0.4) is 0 Å². The standard InChI is InChI=1S/C32H43FN2O2S/c1-3-4-5-6-7-8-9-10-11-12-13-14-21-37-31-19-18-28(24-30(31)33)32(36)34-29-17-15-16-27(23-29)25-35-20-22-38-26(35)2/h15-20,22-24H,3-14,21,25H2,1-2H3/p+1. The van der Waals surface area contributed by atoms with Gasteiger partial charge in [0, 0.05) is 23.7 Å². The van der Waals surface area contributed by atoms with Crippen molar-refractivity contribution in [1.29, 1.82) is 0 Å². The van der Waals surface area contributed by atoms with Crippen molar-refractivity contribution in [3.63, 3.8) is 0 Å². The van der Waals surface area contributed by atoms with Crippen LogP contribution in [0.25, 0.3) is 0 Å². The van der Waals surface area contributed by atoms with Gasteiger partial charge in [-0.15, -0.1) is 0 Å². The number of ether oxygens (including phenoxy) is 1. The Hall–Kier alpha value is -2.73. The number of rotatable bonds is 18. The minimum Gasteiger partial charge on any atom is -0.491 e. The van der Waals surface area contributed by atoms with E-state index in [0.717, 1.165) is 24.9 Å². The van der Waals surface area contributed by atoms with Crippen LogP contribution >= 0.6 is 11.3 Å². The molecule has 1 amide bonds. The fraction of sp³-hybridized carbons (Fsp3) is 0.500. The average molecular weight is 540 g/mol. The third-order valence-corrected chi connectivity index (χ3v) is 7.70. The van der Waals surface area contributed by atoms with Crippen molar-refractivity contribution < 1.29 is 18.5 Å². The zero-order valence-electron chi connectivity index (χ0n) is 23.1. The van der Waals surface area contributed by atoms with Gasteiger partial charge in [-0.3, -0.25) is 4.79 Å². The number of carbonyl (C=O) groups is 1. The lowest BCUT2D eigenvalue weighted by atomic mass is 10.1. The summed E-state index contributed by atoms with van der Waals surface area (Å²) in [6.45, 7) is 5.57. The summed E-state index contributed by atoms with van der Waals surface area (Å²) in [6.07, 6.45) is 17.4. The van der Waals surface area contributed by atoms with Gasteiger partial charge in [-0.1, -0.05) is 101 Å². The fourth-order valence-electron chi connectivity index (χ4n) is 4.57. The van der Waals surface area contributed by atoms with Crippen LogP contribution in [0.1, 0.15) is 105 Å². The van der Waals surface area contributed by atoms with Crippen LogP contribution in [0, 0.1) is 12.7 Å². The molecule has 0 saturated carbocycles. The lowest BCUT2D eigenvalue weighted by molar-refractivity contribution is -0.689. The van der Waals surface area contributed by atoms with E-state index in [0.29, 0.717) is 12.3 Å². The van der Waals surface area contributed by atoms with Crippen LogP contribution in [-0.2, 0) is 6.54 Å². The Morgan fingerprint density at radius 1 is 0.921 bits per heavy atom. The maximum Gasteiger partial charge on any atom is 0.255 e. The molecule has 0 fully saturated rings. The number of nitrogens with zero attached hydrogens (tertiary/aromatic N) is 1. The van der Waals surface area contributed by atoms with Crippen LogP contribution in [0.4, 0.5) is 10.1 Å².